The molecule has 0 aliphatic carbocycles. The maximum Gasteiger partial charge on any atom is 0.293 e. The Morgan fingerprint density at radius 2 is 2.15 bits per heavy atom. The molecule has 0 saturated carbocycles. The number of carbonyl (C=O) groups is 1. The van der Waals surface area contributed by atoms with Gasteiger partial charge in [-0.25, -0.2) is 4.98 Å². The number of amides is 1. The summed E-state index contributed by atoms with van der Waals surface area (Å²) >= 11 is 6.39. The molecule has 1 fully saturated rings. The number of pyridine rings is 1. The molecule has 1 aromatic carbocycles. The molecule has 2 aromatic heterocycles. The molecule has 178 valence electrons. The van der Waals surface area contributed by atoms with Crippen molar-refractivity contribution in [3.8, 4) is 5.75 Å². The van der Waals surface area contributed by atoms with Crippen molar-refractivity contribution in [1.82, 2.24) is 19.9 Å². The van der Waals surface area contributed by atoms with Gasteiger partial charge in [-0.05, 0) is 36.6 Å². The number of anilines is 3. The molecule has 1 saturated heterocycles. The Morgan fingerprint density at radius 1 is 1.35 bits per heavy atom. The van der Waals surface area contributed by atoms with Crippen molar-refractivity contribution in [3.05, 3.63) is 58.0 Å². The van der Waals surface area contributed by atoms with Crippen LogP contribution in [0.3, 0.4) is 0 Å². The quantitative estimate of drug-likeness (QED) is 0.520. The molecule has 2 N–H and O–H groups in total. The zero-order valence-corrected chi connectivity index (χ0v) is 20.1. The molecule has 4 rings (SSSR count). The molecule has 1 aliphatic rings. The summed E-state index contributed by atoms with van der Waals surface area (Å²) in [6, 6.07) is 7.16. The number of hydrogen-bond donors (Lipinski definition) is 2. The van der Waals surface area contributed by atoms with Gasteiger partial charge < -0.3 is 24.8 Å². The van der Waals surface area contributed by atoms with Crippen LogP contribution in [0.4, 0.5) is 17.5 Å². The van der Waals surface area contributed by atoms with Crippen molar-refractivity contribution in [2.75, 3.05) is 37.0 Å². The molecule has 3 aromatic rings. The first kappa shape index (κ1) is 23.6. The minimum Gasteiger partial charge on any atom is -0.478 e. The van der Waals surface area contributed by atoms with Crippen molar-refractivity contribution in [1.29, 1.82) is 0 Å². The lowest BCUT2D eigenvalue weighted by atomic mass is 9.97. The van der Waals surface area contributed by atoms with Gasteiger partial charge >= 0.3 is 0 Å². The lowest BCUT2D eigenvalue weighted by Gasteiger charge is -2.32. The Morgan fingerprint density at radius 3 is 2.88 bits per heavy atom. The number of likely N-dealkylation sites (N-methyl/N-ethyl adjacent to an activating group) is 1. The fraction of sp³-hybridized carbons (Fsp3) is 0.333. The molecule has 0 unspecified atom stereocenters. The highest BCUT2D eigenvalue weighted by Gasteiger charge is 2.22. The highest BCUT2D eigenvalue weighted by molar-refractivity contribution is 6.32. The van der Waals surface area contributed by atoms with Gasteiger partial charge in [0.2, 0.25) is 5.95 Å². The largest absolute Gasteiger partial charge is 0.478 e. The van der Waals surface area contributed by atoms with Crippen LogP contribution in [0, 0.1) is 5.92 Å². The highest BCUT2D eigenvalue weighted by atomic mass is 35.5. The lowest BCUT2D eigenvalue weighted by Crippen LogP contribution is -2.36. The first-order valence-electron chi connectivity index (χ1n) is 10.9. The number of halogens is 1. The first-order chi connectivity index (χ1) is 16.2. The monoisotopic (exact) mass is 482 g/mol. The van der Waals surface area contributed by atoms with Crippen LogP contribution >= 0.6 is 11.6 Å². The molecule has 0 bridgehead atoms. The summed E-state index contributed by atoms with van der Waals surface area (Å²) in [6.07, 6.45) is 2.59. The summed E-state index contributed by atoms with van der Waals surface area (Å²) < 4.78 is 6.92. The minimum atomic E-state index is -0.321. The number of rotatable bonds is 6. The standard InChI is InChI=1S/C24H27ClN6O3/c1-14-7-15(2)12-31(11-14)24-27-10-18(25)22(29-24)28-17-5-6-19-16(8-17)9-20(23(33)30(19)4)34-13-21(32)26-3/h5-6,8-10,15H,1,7,11-13H2,2-4H3,(H,26,32)(H,27,28,29)/t15-/m0/s1. The van der Waals surface area contributed by atoms with Gasteiger partial charge in [-0.1, -0.05) is 30.7 Å². The number of carbonyl (C=O) groups excluding carboxylic acids is 1. The van der Waals surface area contributed by atoms with Crippen LogP contribution in [0.1, 0.15) is 13.3 Å². The van der Waals surface area contributed by atoms with Gasteiger partial charge in [-0.3, -0.25) is 9.59 Å². The van der Waals surface area contributed by atoms with Crippen molar-refractivity contribution in [2.45, 2.75) is 13.3 Å². The van der Waals surface area contributed by atoms with Crippen LogP contribution in [0.2, 0.25) is 5.02 Å². The molecule has 3 heterocycles. The summed E-state index contributed by atoms with van der Waals surface area (Å²) in [6.45, 7) is 7.64. The Hall–Kier alpha value is -3.59. The van der Waals surface area contributed by atoms with Gasteiger partial charge in [0, 0.05) is 38.3 Å². The zero-order valence-electron chi connectivity index (χ0n) is 19.4. The number of aromatic nitrogens is 3. The van der Waals surface area contributed by atoms with Crippen molar-refractivity contribution in [2.24, 2.45) is 13.0 Å². The lowest BCUT2D eigenvalue weighted by molar-refractivity contribution is -0.122. The number of hydrogen-bond acceptors (Lipinski definition) is 7. The third kappa shape index (κ3) is 4.99. The molecule has 34 heavy (non-hydrogen) atoms. The van der Waals surface area contributed by atoms with Crippen LogP contribution in [0.5, 0.6) is 5.75 Å². The van der Waals surface area contributed by atoms with Crippen LogP contribution < -0.4 is 25.8 Å². The van der Waals surface area contributed by atoms with Crippen LogP contribution in [-0.4, -0.2) is 47.2 Å². The molecule has 9 nitrogen and oxygen atoms in total. The van der Waals surface area contributed by atoms with Gasteiger partial charge in [-0.2, -0.15) is 4.98 Å². The fourth-order valence-corrected chi connectivity index (χ4v) is 4.21. The number of piperidine rings is 1. The molecule has 1 amide bonds. The number of benzene rings is 1. The predicted octanol–water partition coefficient (Wildman–Crippen LogP) is 3.25. The Balaban J connectivity index is 1.63. The summed E-state index contributed by atoms with van der Waals surface area (Å²) in [4.78, 5) is 35.3. The van der Waals surface area contributed by atoms with E-state index in [1.54, 1.807) is 19.3 Å². The Kier molecular flexibility index (Phi) is 6.74. The Labute approximate surface area is 202 Å². The van der Waals surface area contributed by atoms with E-state index in [9.17, 15) is 9.59 Å². The number of nitrogens with zero attached hydrogens (tertiary/aromatic N) is 4. The van der Waals surface area contributed by atoms with Gasteiger partial charge in [0.15, 0.2) is 18.2 Å². The van der Waals surface area contributed by atoms with E-state index < -0.39 is 0 Å². The van der Waals surface area contributed by atoms with Crippen molar-refractivity contribution >= 4 is 45.9 Å². The van der Waals surface area contributed by atoms with E-state index in [-0.39, 0.29) is 23.8 Å². The normalized spacial score (nSPS) is 15.9. The molecule has 1 aliphatic heterocycles. The second-order valence-electron chi connectivity index (χ2n) is 8.54. The van der Waals surface area contributed by atoms with E-state index in [1.165, 1.54) is 11.6 Å². The molecule has 0 radical (unpaired) electrons. The average molecular weight is 483 g/mol. The molecular formula is C24H27ClN6O3. The van der Waals surface area contributed by atoms with E-state index in [0.717, 1.165) is 35.1 Å². The third-order valence-corrected chi connectivity index (χ3v) is 5.97. The third-order valence-electron chi connectivity index (χ3n) is 5.69. The predicted molar refractivity (Wildman–Crippen MR) is 134 cm³/mol. The summed E-state index contributed by atoms with van der Waals surface area (Å²) in [5, 5.41) is 6.87. The number of ether oxygens (including phenoxy) is 1. The first-order valence-corrected chi connectivity index (χ1v) is 11.3. The van der Waals surface area contributed by atoms with Gasteiger partial charge in [-0.15, -0.1) is 0 Å². The number of nitrogens with one attached hydrogen (secondary N) is 2. The topological polar surface area (TPSA) is 101 Å². The maximum atomic E-state index is 12.6. The second kappa shape index (κ2) is 9.72. The van der Waals surface area contributed by atoms with E-state index in [4.69, 9.17) is 16.3 Å². The SMILES string of the molecule is C=C1C[C@H](C)CN(c2ncc(Cl)c(Nc3ccc4c(c3)cc(OCC(=O)NC)c(=O)n4C)n2)C1. The molecule has 0 spiro atoms. The van der Waals surface area contributed by atoms with E-state index in [0.29, 0.717) is 29.3 Å². The smallest absolute Gasteiger partial charge is 0.293 e. The van der Waals surface area contributed by atoms with E-state index >= 15 is 0 Å². The minimum absolute atomic E-state index is 0.0950. The highest BCUT2D eigenvalue weighted by Crippen LogP contribution is 2.29. The van der Waals surface area contributed by atoms with Crippen LogP contribution in [0.15, 0.2) is 47.4 Å². The van der Waals surface area contributed by atoms with E-state index in [1.807, 2.05) is 18.2 Å². The summed E-state index contributed by atoms with van der Waals surface area (Å²) in [5.41, 5.74) is 2.28. The average Bonchev–Trinajstić information content (AvgIpc) is 2.81. The summed E-state index contributed by atoms with van der Waals surface area (Å²) in [7, 11) is 3.17. The van der Waals surface area contributed by atoms with E-state index in [2.05, 4.69) is 39.0 Å². The van der Waals surface area contributed by atoms with Crippen molar-refractivity contribution in [3.63, 3.8) is 0 Å². The molecular weight excluding hydrogens is 456 g/mol. The van der Waals surface area contributed by atoms with Gasteiger partial charge in [0.1, 0.15) is 5.02 Å². The molecule has 10 heteroatoms. The second-order valence-corrected chi connectivity index (χ2v) is 8.95. The molecule has 1 atom stereocenters. The Bertz CT molecular complexity index is 1320. The van der Waals surface area contributed by atoms with Crippen molar-refractivity contribution < 1.29 is 9.53 Å². The maximum absolute atomic E-state index is 12.6. The number of aryl methyl sites for hydroxylation is 1. The van der Waals surface area contributed by atoms with Crippen LogP contribution in [-0.2, 0) is 11.8 Å². The van der Waals surface area contributed by atoms with Crippen LogP contribution in [0.25, 0.3) is 10.9 Å². The number of fused-ring (bicyclic) bond motifs is 1. The summed E-state index contributed by atoms with van der Waals surface area (Å²) in [5.74, 6) is 1.32. The van der Waals surface area contributed by atoms with Gasteiger partial charge in [0.05, 0.1) is 11.7 Å². The van der Waals surface area contributed by atoms with Gasteiger partial charge in [0.25, 0.3) is 11.5 Å². The zero-order chi connectivity index (χ0) is 24.4. The fourth-order valence-electron chi connectivity index (χ4n) is 4.07.